The molecule has 1 fully saturated rings. The number of hydrogen-bond donors (Lipinski definition) is 2. The summed E-state index contributed by atoms with van der Waals surface area (Å²) in [6.07, 6.45) is 0.774. The lowest BCUT2D eigenvalue weighted by atomic mass is 10.1. The van der Waals surface area contributed by atoms with E-state index in [4.69, 9.17) is 0 Å². The number of aromatic nitrogens is 1. The molecule has 130 valence electrons. The van der Waals surface area contributed by atoms with Gasteiger partial charge in [0.25, 0.3) is 0 Å². The normalized spacial score (nSPS) is 17.9. The second kappa shape index (κ2) is 6.94. The Labute approximate surface area is 142 Å². The Morgan fingerprint density at radius 2 is 1.96 bits per heavy atom. The van der Waals surface area contributed by atoms with Gasteiger partial charge in [-0.2, -0.15) is 0 Å². The highest BCUT2D eigenvalue weighted by molar-refractivity contribution is 7.91. The van der Waals surface area contributed by atoms with E-state index in [1.54, 1.807) is 0 Å². The maximum atomic E-state index is 12.0. The van der Waals surface area contributed by atoms with E-state index in [1.165, 1.54) is 10.9 Å². The highest BCUT2D eigenvalue weighted by Crippen LogP contribution is 2.21. The maximum Gasteiger partial charge on any atom is 0.234 e. The number of aromatic amines is 1. The lowest BCUT2D eigenvalue weighted by molar-refractivity contribution is -0.122. The van der Waals surface area contributed by atoms with E-state index in [0.717, 1.165) is 17.6 Å². The highest BCUT2D eigenvalue weighted by Gasteiger charge is 2.22. The molecule has 7 heteroatoms. The number of benzene rings is 1. The highest BCUT2D eigenvalue weighted by atomic mass is 32.2. The Kier molecular flexibility index (Phi) is 4.91. The number of nitrogens with one attached hydrogen (secondary N) is 2. The molecular formula is C17H23N3O3S. The van der Waals surface area contributed by atoms with E-state index in [0.29, 0.717) is 19.6 Å². The molecule has 3 rings (SSSR count). The van der Waals surface area contributed by atoms with Gasteiger partial charge in [0.1, 0.15) is 0 Å². The van der Waals surface area contributed by atoms with Gasteiger partial charge in [0, 0.05) is 36.2 Å². The van der Waals surface area contributed by atoms with E-state index < -0.39 is 9.84 Å². The molecule has 1 aliphatic heterocycles. The number of amides is 1. The first-order valence-electron chi connectivity index (χ1n) is 8.20. The predicted octanol–water partition coefficient (Wildman–Crippen LogP) is 0.865. The van der Waals surface area contributed by atoms with Crippen LogP contribution < -0.4 is 5.32 Å². The lowest BCUT2D eigenvalue weighted by Gasteiger charge is -2.25. The van der Waals surface area contributed by atoms with E-state index in [9.17, 15) is 13.2 Å². The first kappa shape index (κ1) is 17.0. The molecule has 0 radical (unpaired) electrons. The van der Waals surface area contributed by atoms with Crippen LogP contribution in [-0.2, 0) is 21.1 Å². The third-order valence-electron chi connectivity index (χ3n) is 4.53. The van der Waals surface area contributed by atoms with Gasteiger partial charge in [-0.1, -0.05) is 18.2 Å². The molecular weight excluding hydrogens is 326 g/mol. The summed E-state index contributed by atoms with van der Waals surface area (Å²) >= 11 is 0. The van der Waals surface area contributed by atoms with Crippen LogP contribution in [0.5, 0.6) is 0 Å². The molecule has 1 aromatic heterocycles. The zero-order chi connectivity index (χ0) is 17.2. The van der Waals surface area contributed by atoms with Crippen LogP contribution in [0.4, 0.5) is 0 Å². The standard InChI is InChI=1S/C17H23N3O3S/c1-13-14(15-4-2-3-5-16(15)19-13)6-7-18-17(21)12-20-8-10-24(22,23)11-9-20/h2-5,19H,6-12H2,1H3,(H,18,21). The fraction of sp³-hybridized carbons (Fsp3) is 0.471. The van der Waals surface area contributed by atoms with Crippen molar-refractivity contribution in [3.05, 3.63) is 35.5 Å². The van der Waals surface area contributed by atoms with Gasteiger partial charge in [-0.15, -0.1) is 0 Å². The SMILES string of the molecule is Cc1[nH]c2ccccc2c1CCNC(=O)CN1CCS(=O)(=O)CC1. The number of hydrogen-bond acceptors (Lipinski definition) is 4. The molecule has 1 amide bonds. The Morgan fingerprint density at radius 1 is 1.25 bits per heavy atom. The van der Waals surface area contributed by atoms with Crippen LogP contribution in [-0.4, -0.2) is 61.9 Å². The van der Waals surface area contributed by atoms with Gasteiger partial charge < -0.3 is 10.3 Å². The summed E-state index contributed by atoms with van der Waals surface area (Å²) in [5.74, 6) is 0.246. The minimum atomic E-state index is -2.90. The summed E-state index contributed by atoms with van der Waals surface area (Å²) in [4.78, 5) is 17.3. The number of aryl methyl sites for hydroxylation is 1. The summed E-state index contributed by atoms with van der Waals surface area (Å²) in [5.41, 5.74) is 3.48. The van der Waals surface area contributed by atoms with Crippen molar-refractivity contribution in [2.45, 2.75) is 13.3 Å². The molecule has 0 atom stereocenters. The quantitative estimate of drug-likeness (QED) is 0.839. The predicted molar refractivity (Wildman–Crippen MR) is 94.8 cm³/mol. The topological polar surface area (TPSA) is 82.3 Å². The van der Waals surface area contributed by atoms with Crippen LogP contribution in [0.2, 0.25) is 0 Å². The van der Waals surface area contributed by atoms with Crippen molar-refractivity contribution in [1.82, 2.24) is 15.2 Å². The molecule has 0 aliphatic carbocycles. The minimum Gasteiger partial charge on any atom is -0.358 e. The third-order valence-corrected chi connectivity index (χ3v) is 6.14. The average molecular weight is 349 g/mol. The van der Waals surface area contributed by atoms with Crippen molar-refractivity contribution in [3.63, 3.8) is 0 Å². The van der Waals surface area contributed by atoms with Crippen molar-refractivity contribution >= 4 is 26.6 Å². The number of para-hydroxylation sites is 1. The number of fused-ring (bicyclic) bond motifs is 1. The number of nitrogens with zero attached hydrogens (tertiary/aromatic N) is 1. The first-order chi connectivity index (χ1) is 11.4. The largest absolute Gasteiger partial charge is 0.358 e. The van der Waals surface area contributed by atoms with Crippen LogP contribution >= 0.6 is 0 Å². The zero-order valence-corrected chi connectivity index (χ0v) is 14.7. The Balaban J connectivity index is 1.49. The van der Waals surface area contributed by atoms with E-state index in [2.05, 4.69) is 22.4 Å². The van der Waals surface area contributed by atoms with Gasteiger partial charge in [0.15, 0.2) is 9.84 Å². The molecule has 1 aliphatic rings. The Hall–Kier alpha value is -1.86. The number of sulfone groups is 1. The summed E-state index contributed by atoms with van der Waals surface area (Å²) in [5, 5.41) is 4.14. The molecule has 1 aromatic carbocycles. The first-order valence-corrected chi connectivity index (χ1v) is 10.0. The van der Waals surface area contributed by atoms with Crippen molar-refractivity contribution < 1.29 is 13.2 Å². The summed E-state index contributed by atoms with van der Waals surface area (Å²) in [6, 6.07) is 8.16. The van der Waals surface area contributed by atoms with Gasteiger partial charge in [0.2, 0.25) is 5.91 Å². The average Bonchev–Trinajstić information content (AvgIpc) is 2.85. The minimum absolute atomic E-state index is 0.0493. The van der Waals surface area contributed by atoms with Gasteiger partial charge >= 0.3 is 0 Å². The number of H-pyrrole nitrogens is 1. The monoisotopic (exact) mass is 349 g/mol. The molecule has 1 saturated heterocycles. The molecule has 24 heavy (non-hydrogen) atoms. The number of rotatable bonds is 5. The van der Waals surface area contributed by atoms with Crippen LogP contribution in [0.25, 0.3) is 10.9 Å². The molecule has 0 bridgehead atoms. The fourth-order valence-corrected chi connectivity index (χ4v) is 4.43. The molecule has 0 spiro atoms. The zero-order valence-electron chi connectivity index (χ0n) is 13.8. The number of carbonyl (C=O) groups excluding carboxylic acids is 1. The molecule has 0 saturated carbocycles. The second-order valence-electron chi connectivity index (χ2n) is 6.30. The molecule has 2 N–H and O–H groups in total. The summed E-state index contributed by atoms with van der Waals surface area (Å²) < 4.78 is 22.8. The van der Waals surface area contributed by atoms with E-state index in [-0.39, 0.29) is 24.0 Å². The molecule has 2 aromatic rings. The van der Waals surface area contributed by atoms with Gasteiger partial charge in [-0.25, -0.2) is 8.42 Å². The molecule has 0 unspecified atom stereocenters. The molecule has 2 heterocycles. The lowest BCUT2D eigenvalue weighted by Crippen LogP contribution is -2.45. The van der Waals surface area contributed by atoms with Crippen LogP contribution in [0.3, 0.4) is 0 Å². The summed E-state index contributed by atoms with van der Waals surface area (Å²) in [6.45, 7) is 3.77. The fourth-order valence-electron chi connectivity index (χ4n) is 3.15. The van der Waals surface area contributed by atoms with Crippen LogP contribution in [0.15, 0.2) is 24.3 Å². The van der Waals surface area contributed by atoms with E-state index >= 15 is 0 Å². The van der Waals surface area contributed by atoms with E-state index in [1.807, 2.05) is 24.0 Å². The third kappa shape index (κ3) is 3.96. The van der Waals surface area contributed by atoms with Gasteiger partial charge in [0.05, 0.1) is 18.1 Å². The number of carbonyl (C=O) groups is 1. The van der Waals surface area contributed by atoms with Crippen LogP contribution in [0, 0.1) is 6.92 Å². The Bertz CT molecular complexity index is 828. The van der Waals surface area contributed by atoms with Crippen molar-refractivity contribution in [2.24, 2.45) is 0 Å². The van der Waals surface area contributed by atoms with Crippen molar-refractivity contribution in [3.8, 4) is 0 Å². The molecule has 6 nitrogen and oxygen atoms in total. The summed E-state index contributed by atoms with van der Waals surface area (Å²) in [7, 11) is -2.90. The second-order valence-corrected chi connectivity index (χ2v) is 8.61. The van der Waals surface area contributed by atoms with Crippen molar-refractivity contribution in [2.75, 3.05) is 37.7 Å². The van der Waals surface area contributed by atoms with Gasteiger partial charge in [-0.3, -0.25) is 9.69 Å². The van der Waals surface area contributed by atoms with Crippen LogP contribution in [0.1, 0.15) is 11.3 Å². The van der Waals surface area contributed by atoms with Crippen molar-refractivity contribution in [1.29, 1.82) is 0 Å². The van der Waals surface area contributed by atoms with Gasteiger partial charge in [-0.05, 0) is 25.0 Å². The maximum absolute atomic E-state index is 12.0. The smallest absolute Gasteiger partial charge is 0.234 e. The Morgan fingerprint density at radius 3 is 2.71 bits per heavy atom.